The second kappa shape index (κ2) is 9.50. The topological polar surface area (TPSA) is 98.2 Å². The lowest BCUT2D eigenvalue weighted by Gasteiger charge is -2.23. The Balaban J connectivity index is 1.54. The van der Waals surface area contributed by atoms with Crippen molar-refractivity contribution in [2.45, 2.75) is 6.04 Å². The Labute approximate surface area is 230 Å². The van der Waals surface area contributed by atoms with Crippen LogP contribution in [0.1, 0.15) is 17.2 Å². The van der Waals surface area contributed by atoms with Gasteiger partial charge in [-0.1, -0.05) is 40.6 Å². The van der Waals surface area contributed by atoms with Gasteiger partial charge in [-0.25, -0.2) is 4.98 Å². The van der Waals surface area contributed by atoms with E-state index in [1.54, 1.807) is 61.7 Å². The smallest absolute Gasteiger partial charge is 0.301 e. The second-order valence-corrected chi connectivity index (χ2v) is 10.4. The first-order valence-corrected chi connectivity index (χ1v) is 13.0. The lowest BCUT2D eigenvalue weighted by atomic mass is 9.95. The maximum atomic E-state index is 13.5. The van der Waals surface area contributed by atoms with Gasteiger partial charge in [-0.15, -0.1) is 0 Å². The summed E-state index contributed by atoms with van der Waals surface area (Å²) in [5.41, 5.74) is 1.30. The fraction of sp³-hybridized carbons (Fsp3) is 0.148. The largest absolute Gasteiger partial charge is 0.507 e. The van der Waals surface area contributed by atoms with E-state index in [2.05, 4.69) is 4.98 Å². The highest BCUT2D eigenvalue weighted by Crippen LogP contribution is 2.46. The molecule has 6 rings (SSSR count). The van der Waals surface area contributed by atoms with Crippen LogP contribution in [0.2, 0.25) is 10.0 Å². The van der Waals surface area contributed by atoms with Gasteiger partial charge in [0.1, 0.15) is 24.7 Å². The number of anilines is 1. The molecule has 1 atom stereocenters. The number of thiazole rings is 1. The molecule has 1 aromatic heterocycles. The van der Waals surface area contributed by atoms with Crippen LogP contribution in [0.3, 0.4) is 0 Å². The molecule has 8 nitrogen and oxygen atoms in total. The fourth-order valence-electron chi connectivity index (χ4n) is 4.50. The van der Waals surface area contributed by atoms with Gasteiger partial charge in [0.2, 0.25) is 0 Å². The lowest BCUT2D eigenvalue weighted by molar-refractivity contribution is -0.132. The van der Waals surface area contributed by atoms with Gasteiger partial charge < -0.3 is 19.3 Å². The zero-order chi connectivity index (χ0) is 26.6. The third-order valence-electron chi connectivity index (χ3n) is 6.31. The quantitative estimate of drug-likeness (QED) is 0.183. The number of benzene rings is 3. The molecule has 0 saturated carbocycles. The minimum atomic E-state index is -1.01. The summed E-state index contributed by atoms with van der Waals surface area (Å²) in [6.45, 7) is 0.766. The van der Waals surface area contributed by atoms with Crippen LogP contribution in [-0.2, 0) is 9.59 Å². The van der Waals surface area contributed by atoms with Crippen LogP contribution < -0.4 is 19.1 Å². The van der Waals surface area contributed by atoms with Crippen LogP contribution in [0.5, 0.6) is 17.2 Å². The molecule has 0 aliphatic carbocycles. The molecule has 4 aromatic rings. The molecule has 0 bridgehead atoms. The summed E-state index contributed by atoms with van der Waals surface area (Å²) in [4.78, 5) is 32.9. The number of amides is 1. The number of methoxy groups -OCH3 is 1. The second-order valence-electron chi connectivity index (χ2n) is 8.53. The molecule has 0 radical (unpaired) electrons. The molecule has 1 amide bonds. The summed E-state index contributed by atoms with van der Waals surface area (Å²) in [6, 6.07) is 14.0. The van der Waals surface area contributed by atoms with E-state index in [0.29, 0.717) is 52.1 Å². The van der Waals surface area contributed by atoms with Crippen molar-refractivity contribution in [3.05, 3.63) is 81.3 Å². The van der Waals surface area contributed by atoms with Crippen molar-refractivity contribution in [3.8, 4) is 17.2 Å². The molecule has 11 heteroatoms. The van der Waals surface area contributed by atoms with Crippen molar-refractivity contribution in [2.24, 2.45) is 0 Å². The molecule has 1 N–H and O–H groups in total. The molecule has 2 aliphatic heterocycles. The molecular weight excluding hydrogens is 551 g/mol. The molecule has 192 valence electrons. The van der Waals surface area contributed by atoms with Crippen molar-refractivity contribution >= 4 is 67.3 Å². The Morgan fingerprint density at radius 2 is 1.82 bits per heavy atom. The number of rotatable bonds is 4. The summed E-state index contributed by atoms with van der Waals surface area (Å²) in [6.07, 6.45) is 0. The van der Waals surface area contributed by atoms with Crippen molar-refractivity contribution in [1.82, 2.24) is 4.98 Å². The van der Waals surface area contributed by atoms with E-state index in [0.717, 1.165) is 4.70 Å². The maximum absolute atomic E-state index is 13.5. The number of aliphatic hydroxyl groups is 1. The Bertz CT molecular complexity index is 1670. The summed E-state index contributed by atoms with van der Waals surface area (Å²) in [5.74, 6) is -0.451. The van der Waals surface area contributed by atoms with Crippen molar-refractivity contribution in [1.29, 1.82) is 0 Å². The summed E-state index contributed by atoms with van der Waals surface area (Å²) < 4.78 is 17.3. The average Bonchev–Trinajstić information content (AvgIpc) is 3.47. The van der Waals surface area contributed by atoms with Crippen LogP contribution in [0.25, 0.3) is 16.0 Å². The van der Waals surface area contributed by atoms with Gasteiger partial charge in [-0.05, 0) is 54.1 Å². The van der Waals surface area contributed by atoms with Gasteiger partial charge in [-0.2, -0.15) is 0 Å². The first-order chi connectivity index (χ1) is 18.4. The minimum Gasteiger partial charge on any atom is -0.507 e. The summed E-state index contributed by atoms with van der Waals surface area (Å²) in [5, 5.41) is 12.3. The summed E-state index contributed by atoms with van der Waals surface area (Å²) >= 11 is 13.7. The Hall–Kier alpha value is -3.79. The standard InChI is InChI=1S/C27H18Cl2N2O6S/c1-35-15-4-6-18-21(12-15)38-27(30-18)31-23(13-2-5-16(28)17(29)10-13)22(25(33)26(31)34)24(32)14-3-7-19-20(11-14)37-9-8-36-19/h2-7,10-12,23,32H,8-9H2,1H3/b24-22-. The fourth-order valence-corrected chi connectivity index (χ4v) is 5.82. The molecule has 1 saturated heterocycles. The van der Waals surface area contributed by atoms with E-state index in [4.69, 9.17) is 37.4 Å². The van der Waals surface area contributed by atoms with E-state index in [-0.39, 0.29) is 21.5 Å². The molecule has 38 heavy (non-hydrogen) atoms. The zero-order valence-electron chi connectivity index (χ0n) is 19.7. The molecule has 3 aromatic carbocycles. The monoisotopic (exact) mass is 568 g/mol. The van der Waals surface area contributed by atoms with Crippen LogP contribution in [0, 0.1) is 0 Å². The number of ether oxygens (including phenoxy) is 3. The normalized spacial score (nSPS) is 18.3. The van der Waals surface area contributed by atoms with E-state index in [1.807, 2.05) is 0 Å². The first kappa shape index (κ1) is 24.5. The maximum Gasteiger partial charge on any atom is 0.301 e. The van der Waals surface area contributed by atoms with Crippen LogP contribution in [0.4, 0.5) is 5.13 Å². The van der Waals surface area contributed by atoms with E-state index < -0.39 is 17.7 Å². The lowest BCUT2D eigenvalue weighted by Crippen LogP contribution is -2.29. The van der Waals surface area contributed by atoms with Gasteiger partial charge >= 0.3 is 5.91 Å². The van der Waals surface area contributed by atoms with Gasteiger partial charge in [0.05, 0.1) is 39.0 Å². The van der Waals surface area contributed by atoms with Gasteiger partial charge in [-0.3, -0.25) is 14.5 Å². The van der Waals surface area contributed by atoms with Crippen LogP contribution >= 0.6 is 34.5 Å². The van der Waals surface area contributed by atoms with Crippen molar-refractivity contribution in [3.63, 3.8) is 0 Å². The van der Waals surface area contributed by atoms with Gasteiger partial charge in [0.25, 0.3) is 5.78 Å². The number of carbonyl (C=O) groups excluding carboxylic acids is 2. The van der Waals surface area contributed by atoms with Crippen molar-refractivity contribution in [2.75, 3.05) is 25.2 Å². The number of hydrogen-bond donors (Lipinski definition) is 1. The Morgan fingerprint density at radius 1 is 1.03 bits per heavy atom. The number of halogens is 2. The van der Waals surface area contributed by atoms with Crippen LogP contribution in [0.15, 0.2) is 60.2 Å². The molecule has 2 aliphatic rings. The number of Topliss-reactive ketones (excluding diaryl/α,β-unsaturated/α-hetero) is 1. The average molecular weight is 569 g/mol. The number of aromatic nitrogens is 1. The van der Waals surface area contributed by atoms with E-state index in [1.165, 1.54) is 16.2 Å². The SMILES string of the molecule is COc1ccc2nc(N3C(=O)C(=O)/C(=C(\O)c4ccc5c(c4)OCCO5)C3c3ccc(Cl)c(Cl)c3)sc2c1. The highest BCUT2D eigenvalue weighted by Gasteiger charge is 2.48. The van der Waals surface area contributed by atoms with Gasteiger partial charge in [0.15, 0.2) is 16.6 Å². The van der Waals surface area contributed by atoms with Crippen molar-refractivity contribution < 1.29 is 28.9 Å². The molecule has 1 fully saturated rings. The number of nitrogens with zero attached hydrogens (tertiary/aromatic N) is 2. The van der Waals surface area contributed by atoms with E-state index in [9.17, 15) is 14.7 Å². The number of carbonyl (C=O) groups is 2. The zero-order valence-corrected chi connectivity index (χ0v) is 22.1. The Morgan fingerprint density at radius 3 is 2.58 bits per heavy atom. The predicted molar refractivity (Wildman–Crippen MR) is 145 cm³/mol. The summed E-state index contributed by atoms with van der Waals surface area (Å²) in [7, 11) is 1.56. The highest BCUT2D eigenvalue weighted by molar-refractivity contribution is 7.22. The van der Waals surface area contributed by atoms with Gasteiger partial charge in [0, 0.05) is 5.56 Å². The minimum absolute atomic E-state index is 0.109. The Kier molecular flexibility index (Phi) is 6.14. The predicted octanol–water partition coefficient (Wildman–Crippen LogP) is 6.01. The highest BCUT2D eigenvalue weighted by atomic mass is 35.5. The molecular formula is C27H18Cl2N2O6S. The number of fused-ring (bicyclic) bond motifs is 2. The molecule has 3 heterocycles. The first-order valence-electron chi connectivity index (χ1n) is 11.5. The molecule has 1 unspecified atom stereocenters. The van der Waals surface area contributed by atoms with E-state index >= 15 is 0 Å². The third-order valence-corrected chi connectivity index (χ3v) is 8.07. The number of hydrogen-bond acceptors (Lipinski definition) is 8. The number of aliphatic hydroxyl groups excluding tert-OH is 1. The number of ketones is 1. The van der Waals surface area contributed by atoms with Crippen LogP contribution in [-0.4, -0.2) is 42.1 Å². The third kappa shape index (κ3) is 4.03. The molecule has 0 spiro atoms.